The van der Waals surface area contributed by atoms with Crippen LogP contribution in [0.15, 0.2) is 48.5 Å². The number of hydrogen-bond donors (Lipinski definition) is 2. The number of fused-ring (bicyclic) bond motifs is 1. The van der Waals surface area contributed by atoms with E-state index in [1.165, 1.54) is 4.90 Å². The lowest BCUT2D eigenvalue weighted by atomic mass is 10.0. The molecule has 1 aliphatic heterocycles. The van der Waals surface area contributed by atoms with Gasteiger partial charge >= 0.3 is 5.97 Å². The average molecular weight is 296 g/mol. The van der Waals surface area contributed by atoms with Crippen molar-refractivity contribution in [1.82, 2.24) is 4.90 Å². The van der Waals surface area contributed by atoms with E-state index < -0.39 is 12.0 Å². The molecule has 0 saturated heterocycles. The number of aliphatic carboxylic acids is 1. The topological polar surface area (TPSA) is 83.6 Å². The predicted octanol–water partition coefficient (Wildman–Crippen LogP) is 1.92. The second-order valence-electron chi connectivity index (χ2n) is 5.39. The van der Waals surface area contributed by atoms with Crippen molar-refractivity contribution in [3.63, 3.8) is 0 Å². The molecule has 0 saturated carbocycles. The van der Waals surface area contributed by atoms with Gasteiger partial charge in [0.25, 0.3) is 5.91 Å². The summed E-state index contributed by atoms with van der Waals surface area (Å²) >= 11 is 0. The zero-order valence-electron chi connectivity index (χ0n) is 11.9. The molecule has 3 rings (SSSR count). The molecule has 22 heavy (non-hydrogen) atoms. The lowest BCUT2D eigenvalue weighted by Crippen LogP contribution is -2.42. The van der Waals surface area contributed by atoms with Crippen molar-refractivity contribution < 1.29 is 14.7 Å². The van der Waals surface area contributed by atoms with Crippen LogP contribution in [0.1, 0.15) is 21.5 Å². The summed E-state index contributed by atoms with van der Waals surface area (Å²) in [5.74, 6) is -1.27. The number of nitrogens with zero attached hydrogens (tertiary/aromatic N) is 1. The quantitative estimate of drug-likeness (QED) is 0.844. The van der Waals surface area contributed by atoms with Gasteiger partial charge in [-0.1, -0.05) is 36.4 Å². The fourth-order valence-corrected chi connectivity index (χ4v) is 2.76. The number of benzene rings is 2. The van der Waals surface area contributed by atoms with E-state index in [-0.39, 0.29) is 12.3 Å². The molecule has 0 fully saturated rings. The monoisotopic (exact) mass is 296 g/mol. The van der Waals surface area contributed by atoms with Gasteiger partial charge in [0.05, 0.1) is 0 Å². The molecule has 5 nitrogen and oxygen atoms in total. The maximum atomic E-state index is 12.5. The molecule has 5 heteroatoms. The maximum absolute atomic E-state index is 12.5. The van der Waals surface area contributed by atoms with Gasteiger partial charge in [0.15, 0.2) is 0 Å². The largest absolute Gasteiger partial charge is 0.480 e. The van der Waals surface area contributed by atoms with Crippen LogP contribution in [0, 0.1) is 0 Å². The van der Waals surface area contributed by atoms with Crippen LogP contribution in [0.5, 0.6) is 0 Å². The van der Waals surface area contributed by atoms with Crippen molar-refractivity contribution >= 4 is 17.6 Å². The molecular weight excluding hydrogens is 280 g/mol. The average Bonchev–Trinajstić information content (AvgIpc) is 2.82. The summed E-state index contributed by atoms with van der Waals surface area (Å²) in [7, 11) is 0. The molecule has 1 amide bonds. The molecule has 0 radical (unpaired) electrons. The molecule has 1 aliphatic rings. The summed E-state index contributed by atoms with van der Waals surface area (Å²) in [6.45, 7) is 0.304. The van der Waals surface area contributed by atoms with Gasteiger partial charge in [0.1, 0.15) is 6.04 Å². The van der Waals surface area contributed by atoms with Crippen molar-refractivity contribution in [2.24, 2.45) is 0 Å². The maximum Gasteiger partial charge on any atom is 0.326 e. The first-order chi connectivity index (χ1) is 10.6. The lowest BCUT2D eigenvalue weighted by Gasteiger charge is -2.24. The van der Waals surface area contributed by atoms with Gasteiger partial charge in [-0.15, -0.1) is 0 Å². The van der Waals surface area contributed by atoms with Gasteiger partial charge in [-0.3, -0.25) is 4.79 Å². The van der Waals surface area contributed by atoms with Gasteiger partial charge in [0, 0.05) is 24.2 Å². The molecule has 2 aromatic rings. The Labute approximate surface area is 128 Å². The molecular formula is C17H16N2O3. The highest BCUT2D eigenvalue weighted by atomic mass is 16.4. The Morgan fingerprint density at radius 1 is 1.23 bits per heavy atom. The number of anilines is 1. The Morgan fingerprint density at radius 3 is 2.64 bits per heavy atom. The second-order valence-corrected chi connectivity index (χ2v) is 5.39. The normalized spacial score (nSPS) is 14.7. The highest BCUT2D eigenvalue weighted by Crippen LogP contribution is 2.27. The second kappa shape index (κ2) is 5.52. The Kier molecular flexibility index (Phi) is 3.55. The number of nitrogens with two attached hydrogens (primary N) is 1. The van der Waals surface area contributed by atoms with E-state index in [9.17, 15) is 14.7 Å². The standard InChI is InChI=1S/C17H16N2O3/c18-13-7-6-12-10-19(16(20)14(12)9-13)15(17(21)22)8-11-4-2-1-3-5-11/h1-7,9,15H,8,10,18H2,(H,21,22)/t15-/m0/s1. The van der Waals surface area contributed by atoms with Crippen LogP contribution in [0.3, 0.4) is 0 Å². The Hall–Kier alpha value is -2.82. The lowest BCUT2D eigenvalue weighted by molar-refractivity contribution is -0.142. The summed E-state index contributed by atoms with van der Waals surface area (Å²) in [6, 6.07) is 13.5. The van der Waals surface area contributed by atoms with Crippen molar-refractivity contribution in [2.75, 3.05) is 5.73 Å². The van der Waals surface area contributed by atoms with Crippen LogP contribution in [0.2, 0.25) is 0 Å². The smallest absolute Gasteiger partial charge is 0.326 e. The first-order valence-electron chi connectivity index (χ1n) is 7.02. The van der Waals surface area contributed by atoms with E-state index in [4.69, 9.17) is 5.73 Å². The SMILES string of the molecule is Nc1ccc2c(c1)C(=O)N([C@@H](Cc1ccccc1)C(=O)O)C2. The zero-order valence-corrected chi connectivity index (χ0v) is 11.9. The first kappa shape index (κ1) is 14.1. The third kappa shape index (κ3) is 2.53. The summed E-state index contributed by atoms with van der Waals surface area (Å²) in [5.41, 5.74) is 8.42. The summed E-state index contributed by atoms with van der Waals surface area (Å²) in [4.78, 5) is 25.5. The van der Waals surface area contributed by atoms with Gasteiger partial charge in [0.2, 0.25) is 0 Å². The Morgan fingerprint density at radius 2 is 1.95 bits per heavy atom. The molecule has 3 N–H and O–H groups in total. The molecule has 0 aromatic heterocycles. The molecule has 2 aromatic carbocycles. The number of carbonyl (C=O) groups is 2. The summed E-state index contributed by atoms with van der Waals surface area (Å²) in [5, 5.41) is 9.53. The van der Waals surface area contributed by atoms with Gasteiger partial charge < -0.3 is 15.7 Å². The number of nitrogen functional groups attached to an aromatic ring is 1. The molecule has 0 bridgehead atoms. The fraction of sp³-hybridized carbons (Fsp3) is 0.176. The third-order valence-corrected chi connectivity index (χ3v) is 3.90. The van der Waals surface area contributed by atoms with Crippen LogP contribution in [-0.2, 0) is 17.8 Å². The first-order valence-corrected chi connectivity index (χ1v) is 7.02. The van der Waals surface area contributed by atoms with Crippen molar-refractivity contribution in [3.8, 4) is 0 Å². The number of carbonyl (C=O) groups excluding carboxylic acids is 1. The van der Waals surface area contributed by atoms with Crippen molar-refractivity contribution in [1.29, 1.82) is 0 Å². The highest BCUT2D eigenvalue weighted by molar-refractivity contribution is 6.01. The van der Waals surface area contributed by atoms with Crippen molar-refractivity contribution in [3.05, 3.63) is 65.2 Å². The van der Waals surface area contributed by atoms with E-state index in [0.29, 0.717) is 17.8 Å². The third-order valence-electron chi connectivity index (χ3n) is 3.90. The molecule has 0 spiro atoms. The highest BCUT2D eigenvalue weighted by Gasteiger charge is 2.36. The van der Waals surface area contributed by atoms with E-state index in [1.54, 1.807) is 18.2 Å². The molecule has 1 heterocycles. The van der Waals surface area contributed by atoms with Crippen LogP contribution < -0.4 is 5.73 Å². The predicted molar refractivity (Wildman–Crippen MR) is 82.3 cm³/mol. The van der Waals surface area contributed by atoms with Crippen LogP contribution in [0.4, 0.5) is 5.69 Å². The Balaban J connectivity index is 1.88. The fourth-order valence-electron chi connectivity index (χ4n) is 2.76. The van der Waals surface area contributed by atoms with E-state index >= 15 is 0 Å². The summed E-state index contributed by atoms with van der Waals surface area (Å²) in [6.07, 6.45) is 0.283. The molecule has 0 aliphatic carbocycles. The number of amides is 1. The van der Waals surface area contributed by atoms with Gasteiger partial charge in [-0.05, 0) is 23.3 Å². The molecule has 112 valence electrons. The minimum atomic E-state index is -1.00. The van der Waals surface area contributed by atoms with Gasteiger partial charge in [-0.25, -0.2) is 4.79 Å². The van der Waals surface area contributed by atoms with Crippen molar-refractivity contribution in [2.45, 2.75) is 19.0 Å². The van der Waals surface area contributed by atoms with Crippen LogP contribution in [0.25, 0.3) is 0 Å². The van der Waals surface area contributed by atoms with Gasteiger partial charge in [-0.2, -0.15) is 0 Å². The minimum Gasteiger partial charge on any atom is -0.480 e. The summed E-state index contributed by atoms with van der Waals surface area (Å²) < 4.78 is 0. The zero-order chi connectivity index (χ0) is 15.7. The van der Waals surface area contributed by atoms with Crippen LogP contribution >= 0.6 is 0 Å². The number of hydrogen-bond acceptors (Lipinski definition) is 3. The number of rotatable bonds is 4. The minimum absolute atomic E-state index is 0.273. The van der Waals surface area contributed by atoms with Crippen LogP contribution in [-0.4, -0.2) is 27.9 Å². The number of carboxylic acid groups (broad SMARTS) is 1. The Bertz CT molecular complexity index is 728. The molecule has 0 unspecified atom stereocenters. The number of carboxylic acids is 1. The van der Waals surface area contributed by atoms with E-state index in [2.05, 4.69) is 0 Å². The molecule has 1 atom stereocenters. The van der Waals surface area contributed by atoms with E-state index in [1.807, 2.05) is 30.3 Å². The van der Waals surface area contributed by atoms with E-state index in [0.717, 1.165) is 11.1 Å².